The zero-order valence-corrected chi connectivity index (χ0v) is 7.01. The van der Waals surface area contributed by atoms with Gasteiger partial charge in [0.1, 0.15) is 0 Å². The molecular formula is C9H17N. The van der Waals surface area contributed by atoms with Crippen LogP contribution in [0.15, 0.2) is 12.7 Å². The Morgan fingerprint density at radius 2 is 2.20 bits per heavy atom. The van der Waals surface area contributed by atoms with Crippen molar-refractivity contribution in [2.24, 2.45) is 0 Å². The molecule has 1 rings (SSSR count). The molecule has 1 nitrogen and oxygen atoms in total. The second-order valence-electron chi connectivity index (χ2n) is 3.25. The third-order valence-electron chi connectivity index (χ3n) is 2.61. The topological polar surface area (TPSA) is 3.24 Å². The van der Waals surface area contributed by atoms with Gasteiger partial charge in [-0.3, -0.25) is 4.90 Å². The number of hydrogen-bond donors (Lipinski definition) is 0. The summed E-state index contributed by atoms with van der Waals surface area (Å²) >= 11 is 0. The Morgan fingerprint density at radius 1 is 1.50 bits per heavy atom. The normalized spacial score (nSPS) is 35.8. The van der Waals surface area contributed by atoms with Gasteiger partial charge in [-0.2, -0.15) is 0 Å². The fourth-order valence-electron chi connectivity index (χ4n) is 1.64. The van der Waals surface area contributed by atoms with Crippen LogP contribution in [0.25, 0.3) is 0 Å². The molecule has 0 spiro atoms. The van der Waals surface area contributed by atoms with Crippen LogP contribution in [0.4, 0.5) is 0 Å². The van der Waals surface area contributed by atoms with Crippen LogP contribution in [0.2, 0.25) is 0 Å². The summed E-state index contributed by atoms with van der Waals surface area (Å²) in [4.78, 5) is 2.41. The van der Waals surface area contributed by atoms with Gasteiger partial charge in [0.2, 0.25) is 0 Å². The number of likely N-dealkylation sites (tertiary alicyclic amines) is 1. The monoisotopic (exact) mass is 139 g/mol. The molecule has 1 aliphatic rings. The molecule has 0 radical (unpaired) electrons. The van der Waals surface area contributed by atoms with E-state index in [-0.39, 0.29) is 0 Å². The van der Waals surface area contributed by atoms with Crippen LogP contribution in [0, 0.1) is 0 Å². The van der Waals surface area contributed by atoms with Crippen molar-refractivity contribution in [1.82, 2.24) is 4.90 Å². The fraction of sp³-hybridized carbons (Fsp3) is 0.778. The quantitative estimate of drug-likeness (QED) is 0.502. The maximum atomic E-state index is 3.83. The minimum Gasteiger partial charge on any atom is -0.297 e. The van der Waals surface area contributed by atoms with Gasteiger partial charge in [0.05, 0.1) is 0 Å². The Labute approximate surface area is 63.7 Å². The summed E-state index contributed by atoms with van der Waals surface area (Å²) < 4.78 is 0. The molecule has 2 unspecified atom stereocenters. The molecule has 1 saturated heterocycles. The van der Waals surface area contributed by atoms with Crippen LogP contribution >= 0.6 is 0 Å². The standard InChI is InChI=1S/C9H17N/c1-4-9-7-5-6-8(2)10(9)3/h4,8-9H,1,5-7H2,2-3H3. The molecule has 1 aliphatic heterocycles. The first-order valence-electron chi connectivity index (χ1n) is 4.10. The summed E-state index contributed by atoms with van der Waals surface area (Å²) in [6, 6.07) is 1.38. The second kappa shape index (κ2) is 3.20. The van der Waals surface area contributed by atoms with Crippen molar-refractivity contribution in [3.05, 3.63) is 12.7 Å². The van der Waals surface area contributed by atoms with Gasteiger partial charge in [-0.1, -0.05) is 12.5 Å². The lowest BCUT2D eigenvalue weighted by Crippen LogP contribution is -2.40. The van der Waals surface area contributed by atoms with Crippen LogP contribution in [-0.2, 0) is 0 Å². The summed E-state index contributed by atoms with van der Waals surface area (Å²) in [5.74, 6) is 0. The van der Waals surface area contributed by atoms with Crippen LogP contribution in [0.5, 0.6) is 0 Å². The number of rotatable bonds is 1. The molecule has 0 aliphatic carbocycles. The average molecular weight is 139 g/mol. The lowest BCUT2D eigenvalue weighted by molar-refractivity contribution is 0.155. The molecule has 0 saturated carbocycles. The maximum absolute atomic E-state index is 3.83. The highest BCUT2D eigenvalue weighted by Gasteiger charge is 2.21. The molecule has 1 heterocycles. The van der Waals surface area contributed by atoms with Gasteiger partial charge in [-0.05, 0) is 26.8 Å². The summed E-state index contributed by atoms with van der Waals surface area (Å²) in [6.07, 6.45) is 6.07. The van der Waals surface area contributed by atoms with E-state index in [1.807, 2.05) is 0 Å². The van der Waals surface area contributed by atoms with Crippen molar-refractivity contribution in [2.75, 3.05) is 7.05 Å². The molecule has 1 fully saturated rings. The third-order valence-corrected chi connectivity index (χ3v) is 2.61. The zero-order chi connectivity index (χ0) is 7.56. The highest BCUT2D eigenvalue weighted by atomic mass is 15.2. The third kappa shape index (κ3) is 1.40. The average Bonchev–Trinajstić information content (AvgIpc) is 1.95. The van der Waals surface area contributed by atoms with E-state index in [2.05, 4.69) is 31.5 Å². The first-order chi connectivity index (χ1) is 4.75. The summed E-state index contributed by atoms with van der Waals surface area (Å²) in [5, 5.41) is 0. The second-order valence-corrected chi connectivity index (χ2v) is 3.25. The molecule has 2 atom stereocenters. The number of nitrogens with zero attached hydrogens (tertiary/aromatic N) is 1. The van der Waals surface area contributed by atoms with Gasteiger partial charge < -0.3 is 0 Å². The van der Waals surface area contributed by atoms with Crippen LogP contribution in [0.3, 0.4) is 0 Å². The maximum Gasteiger partial charge on any atom is 0.0275 e. The fourth-order valence-corrected chi connectivity index (χ4v) is 1.64. The van der Waals surface area contributed by atoms with Gasteiger partial charge in [0.15, 0.2) is 0 Å². The SMILES string of the molecule is C=CC1CCCC(C)N1C. The van der Waals surface area contributed by atoms with E-state index in [0.29, 0.717) is 6.04 Å². The van der Waals surface area contributed by atoms with Crippen LogP contribution < -0.4 is 0 Å². The Balaban J connectivity index is 2.50. The summed E-state index contributed by atoms with van der Waals surface area (Å²) in [5.41, 5.74) is 0. The van der Waals surface area contributed by atoms with Gasteiger partial charge in [-0.25, -0.2) is 0 Å². The molecule has 1 heteroatoms. The van der Waals surface area contributed by atoms with Crippen molar-refractivity contribution in [3.8, 4) is 0 Å². The van der Waals surface area contributed by atoms with E-state index in [0.717, 1.165) is 6.04 Å². The van der Waals surface area contributed by atoms with E-state index >= 15 is 0 Å². The first kappa shape index (κ1) is 7.80. The lowest BCUT2D eigenvalue weighted by Gasteiger charge is -2.35. The minimum absolute atomic E-state index is 0.628. The lowest BCUT2D eigenvalue weighted by atomic mass is 9.97. The summed E-state index contributed by atoms with van der Waals surface area (Å²) in [7, 11) is 2.19. The molecule has 0 bridgehead atoms. The van der Waals surface area contributed by atoms with Crippen molar-refractivity contribution in [2.45, 2.75) is 38.3 Å². The van der Waals surface area contributed by atoms with Gasteiger partial charge in [-0.15, -0.1) is 6.58 Å². The predicted molar refractivity (Wildman–Crippen MR) is 45.1 cm³/mol. The molecule has 0 aromatic rings. The molecule has 10 heavy (non-hydrogen) atoms. The van der Waals surface area contributed by atoms with Crippen molar-refractivity contribution in [1.29, 1.82) is 0 Å². The molecule has 0 N–H and O–H groups in total. The van der Waals surface area contributed by atoms with Gasteiger partial charge in [0, 0.05) is 12.1 Å². The number of likely N-dealkylation sites (N-methyl/N-ethyl adjacent to an activating group) is 1. The molecule has 0 aromatic heterocycles. The first-order valence-corrected chi connectivity index (χ1v) is 4.10. The van der Waals surface area contributed by atoms with Crippen LogP contribution in [0.1, 0.15) is 26.2 Å². The zero-order valence-electron chi connectivity index (χ0n) is 7.01. The molecular weight excluding hydrogens is 122 g/mol. The van der Waals surface area contributed by atoms with E-state index in [4.69, 9.17) is 0 Å². The Hall–Kier alpha value is -0.300. The van der Waals surface area contributed by atoms with Crippen molar-refractivity contribution in [3.63, 3.8) is 0 Å². The molecule has 0 aromatic carbocycles. The predicted octanol–water partition coefficient (Wildman–Crippen LogP) is 2.05. The van der Waals surface area contributed by atoms with Crippen LogP contribution in [-0.4, -0.2) is 24.0 Å². The minimum atomic E-state index is 0.628. The smallest absolute Gasteiger partial charge is 0.0275 e. The highest BCUT2D eigenvalue weighted by molar-refractivity contribution is 4.91. The van der Waals surface area contributed by atoms with E-state index in [1.54, 1.807) is 0 Å². The highest BCUT2D eigenvalue weighted by Crippen LogP contribution is 2.20. The largest absolute Gasteiger partial charge is 0.297 e. The summed E-state index contributed by atoms with van der Waals surface area (Å²) in [6.45, 7) is 6.11. The van der Waals surface area contributed by atoms with E-state index in [1.165, 1.54) is 19.3 Å². The number of piperidine rings is 1. The van der Waals surface area contributed by atoms with E-state index in [9.17, 15) is 0 Å². The molecule has 0 amide bonds. The van der Waals surface area contributed by atoms with Gasteiger partial charge in [0.25, 0.3) is 0 Å². The van der Waals surface area contributed by atoms with Gasteiger partial charge >= 0.3 is 0 Å². The Morgan fingerprint density at radius 3 is 2.70 bits per heavy atom. The number of hydrogen-bond acceptors (Lipinski definition) is 1. The molecule has 58 valence electrons. The van der Waals surface area contributed by atoms with Crippen molar-refractivity contribution >= 4 is 0 Å². The van der Waals surface area contributed by atoms with Crippen molar-refractivity contribution < 1.29 is 0 Å². The van der Waals surface area contributed by atoms with E-state index < -0.39 is 0 Å². The Kier molecular flexibility index (Phi) is 2.50. The Bertz CT molecular complexity index is 120.